The third-order valence-corrected chi connectivity index (χ3v) is 5.64. The van der Waals surface area contributed by atoms with E-state index in [1.807, 2.05) is 19.1 Å². The lowest BCUT2D eigenvalue weighted by Crippen LogP contribution is -2.46. The molecule has 1 fully saturated rings. The quantitative estimate of drug-likeness (QED) is 0.896. The third-order valence-electron chi connectivity index (χ3n) is 3.21. The van der Waals surface area contributed by atoms with Crippen molar-refractivity contribution in [3.05, 3.63) is 28.2 Å². The van der Waals surface area contributed by atoms with Gasteiger partial charge in [0.2, 0.25) is 0 Å². The number of hydrogen-bond acceptors (Lipinski definition) is 4. The second kappa shape index (κ2) is 5.19. The van der Waals surface area contributed by atoms with Crippen molar-refractivity contribution in [1.29, 1.82) is 0 Å². The van der Waals surface area contributed by atoms with E-state index in [1.165, 1.54) is 0 Å². The van der Waals surface area contributed by atoms with E-state index in [2.05, 4.69) is 20.8 Å². The van der Waals surface area contributed by atoms with Crippen LogP contribution in [0.4, 0.5) is 0 Å². The highest BCUT2D eigenvalue weighted by Gasteiger charge is 2.27. The van der Waals surface area contributed by atoms with Gasteiger partial charge in [-0.05, 0) is 40.5 Å². The van der Waals surface area contributed by atoms with E-state index in [0.717, 1.165) is 5.56 Å². The van der Waals surface area contributed by atoms with Gasteiger partial charge in [-0.2, -0.15) is 0 Å². The molecule has 0 radical (unpaired) electrons. The predicted octanol–water partition coefficient (Wildman–Crippen LogP) is 1.77. The van der Waals surface area contributed by atoms with E-state index in [9.17, 15) is 13.5 Å². The highest BCUT2D eigenvalue weighted by molar-refractivity contribution is 9.10. The molecule has 6 heteroatoms. The number of nitrogens with zero attached hydrogens (tertiary/aromatic N) is 1. The van der Waals surface area contributed by atoms with Gasteiger partial charge < -0.3 is 5.11 Å². The zero-order valence-electron chi connectivity index (χ0n) is 10.1. The minimum atomic E-state index is -2.86. The maximum atomic E-state index is 11.5. The first-order chi connectivity index (χ1) is 8.37. The predicted molar refractivity (Wildman–Crippen MR) is 74.3 cm³/mol. The zero-order chi connectivity index (χ0) is 13.3. The van der Waals surface area contributed by atoms with Crippen molar-refractivity contribution in [2.24, 2.45) is 0 Å². The summed E-state index contributed by atoms with van der Waals surface area (Å²) < 4.78 is 23.6. The molecule has 1 aromatic carbocycles. The molecule has 1 unspecified atom stereocenters. The number of benzene rings is 1. The molecule has 0 bridgehead atoms. The van der Waals surface area contributed by atoms with Crippen molar-refractivity contribution in [1.82, 2.24) is 4.90 Å². The van der Waals surface area contributed by atoms with Crippen LogP contribution in [0, 0.1) is 0 Å². The lowest BCUT2D eigenvalue weighted by Gasteiger charge is -2.33. The number of phenols is 1. The summed E-state index contributed by atoms with van der Waals surface area (Å²) in [6, 6.07) is 5.41. The van der Waals surface area contributed by atoms with Crippen LogP contribution in [0.15, 0.2) is 22.7 Å². The lowest BCUT2D eigenvalue weighted by atomic mass is 10.2. The molecule has 100 valence electrons. The Kier molecular flexibility index (Phi) is 3.99. The van der Waals surface area contributed by atoms with Gasteiger partial charge in [-0.25, -0.2) is 8.42 Å². The Morgan fingerprint density at radius 3 is 2.83 bits per heavy atom. The first-order valence-corrected chi connectivity index (χ1v) is 8.41. The monoisotopic (exact) mass is 333 g/mol. The van der Waals surface area contributed by atoms with E-state index < -0.39 is 9.84 Å². The summed E-state index contributed by atoms with van der Waals surface area (Å²) in [4.78, 5) is 2.15. The fourth-order valence-electron chi connectivity index (χ4n) is 2.15. The molecule has 2 rings (SSSR count). The summed E-state index contributed by atoms with van der Waals surface area (Å²) in [5, 5.41) is 9.43. The summed E-state index contributed by atoms with van der Waals surface area (Å²) >= 11 is 3.28. The van der Waals surface area contributed by atoms with Gasteiger partial charge >= 0.3 is 0 Å². The van der Waals surface area contributed by atoms with Crippen LogP contribution in [-0.4, -0.2) is 42.5 Å². The Balaban J connectivity index is 2.08. The topological polar surface area (TPSA) is 57.6 Å². The van der Waals surface area contributed by atoms with E-state index in [0.29, 0.717) is 17.6 Å². The summed E-state index contributed by atoms with van der Waals surface area (Å²) in [7, 11) is -2.86. The average Bonchev–Trinajstić information content (AvgIpc) is 2.27. The minimum Gasteiger partial charge on any atom is -0.507 e. The number of rotatable bonds is 2. The Labute approximate surface area is 116 Å². The summed E-state index contributed by atoms with van der Waals surface area (Å²) in [6.07, 6.45) is 0. The van der Waals surface area contributed by atoms with Crippen LogP contribution in [-0.2, 0) is 16.4 Å². The Bertz CT molecular complexity index is 544. The van der Waals surface area contributed by atoms with Gasteiger partial charge in [-0.1, -0.05) is 6.07 Å². The standard InChI is InChI=1S/C12H16BrNO3S/c1-9-8-18(16,17)5-4-14(9)7-10-2-3-12(15)11(13)6-10/h2-3,6,9,15H,4-5,7-8H2,1H3. The maximum absolute atomic E-state index is 11.5. The molecule has 1 atom stereocenters. The number of sulfone groups is 1. The molecule has 0 amide bonds. The number of phenolic OH excluding ortho intramolecular Hbond substituents is 1. The first-order valence-electron chi connectivity index (χ1n) is 5.79. The van der Waals surface area contributed by atoms with E-state index in [-0.39, 0.29) is 23.3 Å². The molecule has 1 aromatic rings. The number of hydrogen-bond donors (Lipinski definition) is 1. The van der Waals surface area contributed by atoms with Crippen LogP contribution in [0.5, 0.6) is 5.75 Å². The van der Waals surface area contributed by atoms with Crippen molar-refractivity contribution in [3.8, 4) is 5.75 Å². The van der Waals surface area contributed by atoms with Crippen LogP contribution in [0.25, 0.3) is 0 Å². The molecule has 1 aliphatic rings. The Hall–Kier alpha value is -0.590. The molecule has 0 saturated carbocycles. The van der Waals surface area contributed by atoms with E-state index in [4.69, 9.17) is 0 Å². The summed E-state index contributed by atoms with van der Waals surface area (Å²) in [6.45, 7) is 3.21. The second-order valence-corrected chi connectivity index (χ2v) is 7.80. The average molecular weight is 334 g/mol. The fourth-order valence-corrected chi connectivity index (χ4v) is 4.20. The molecule has 0 aromatic heterocycles. The van der Waals surface area contributed by atoms with Crippen molar-refractivity contribution in [3.63, 3.8) is 0 Å². The van der Waals surface area contributed by atoms with Gasteiger partial charge in [0.25, 0.3) is 0 Å². The van der Waals surface area contributed by atoms with Gasteiger partial charge in [0.05, 0.1) is 16.0 Å². The Morgan fingerprint density at radius 2 is 2.22 bits per heavy atom. The zero-order valence-corrected chi connectivity index (χ0v) is 12.5. The van der Waals surface area contributed by atoms with Gasteiger partial charge in [-0.3, -0.25) is 4.90 Å². The summed E-state index contributed by atoms with van der Waals surface area (Å²) in [5.74, 6) is 0.677. The van der Waals surface area contributed by atoms with Gasteiger partial charge in [0.1, 0.15) is 5.75 Å². The molecule has 18 heavy (non-hydrogen) atoms. The SMILES string of the molecule is CC1CS(=O)(=O)CCN1Cc1ccc(O)c(Br)c1. The van der Waals surface area contributed by atoms with Crippen molar-refractivity contribution >= 4 is 25.8 Å². The number of halogens is 1. The second-order valence-electron chi connectivity index (χ2n) is 4.72. The Morgan fingerprint density at radius 1 is 1.50 bits per heavy atom. The molecule has 1 N–H and O–H groups in total. The lowest BCUT2D eigenvalue weighted by molar-refractivity contribution is 0.218. The molecule has 1 heterocycles. The molecular weight excluding hydrogens is 318 g/mol. The van der Waals surface area contributed by atoms with Crippen molar-refractivity contribution < 1.29 is 13.5 Å². The maximum Gasteiger partial charge on any atom is 0.153 e. The minimum absolute atomic E-state index is 0.0383. The van der Waals surface area contributed by atoms with Gasteiger partial charge in [0.15, 0.2) is 9.84 Å². The first kappa shape index (κ1) is 13.8. The molecule has 1 saturated heterocycles. The van der Waals surface area contributed by atoms with Crippen LogP contribution >= 0.6 is 15.9 Å². The van der Waals surface area contributed by atoms with Crippen LogP contribution in [0.3, 0.4) is 0 Å². The summed E-state index contributed by atoms with van der Waals surface area (Å²) in [5.41, 5.74) is 1.06. The normalized spacial score (nSPS) is 24.0. The molecular formula is C12H16BrNO3S. The fraction of sp³-hybridized carbons (Fsp3) is 0.500. The van der Waals surface area contributed by atoms with Gasteiger partial charge in [-0.15, -0.1) is 0 Å². The van der Waals surface area contributed by atoms with E-state index in [1.54, 1.807) is 6.07 Å². The highest BCUT2D eigenvalue weighted by atomic mass is 79.9. The van der Waals surface area contributed by atoms with Crippen molar-refractivity contribution in [2.45, 2.75) is 19.5 Å². The van der Waals surface area contributed by atoms with E-state index >= 15 is 0 Å². The molecule has 0 spiro atoms. The molecule has 1 aliphatic heterocycles. The molecule has 4 nitrogen and oxygen atoms in total. The van der Waals surface area contributed by atoms with Gasteiger partial charge in [0, 0.05) is 19.1 Å². The smallest absolute Gasteiger partial charge is 0.153 e. The van der Waals surface area contributed by atoms with Crippen LogP contribution in [0.1, 0.15) is 12.5 Å². The molecule has 0 aliphatic carbocycles. The van der Waals surface area contributed by atoms with Crippen molar-refractivity contribution in [2.75, 3.05) is 18.1 Å². The highest BCUT2D eigenvalue weighted by Crippen LogP contribution is 2.25. The van der Waals surface area contributed by atoms with Crippen LogP contribution in [0.2, 0.25) is 0 Å². The number of aromatic hydroxyl groups is 1. The third kappa shape index (κ3) is 3.24. The van der Waals surface area contributed by atoms with Crippen LogP contribution < -0.4 is 0 Å². The largest absolute Gasteiger partial charge is 0.507 e.